The molecule has 1 aromatic rings. The number of hydrogen-bond donors (Lipinski definition) is 1. The van der Waals surface area contributed by atoms with Crippen molar-refractivity contribution < 1.29 is 9.90 Å². The van der Waals surface area contributed by atoms with E-state index in [1.165, 1.54) is 11.8 Å². The summed E-state index contributed by atoms with van der Waals surface area (Å²) >= 11 is 1.51. The summed E-state index contributed by atoms with van der Waals surface area (Å²) in [6.07, 6.45) is 0. The zero-order chi connectivity index (χ0) is 12.0. The Bertz CT molecular complexity index is 329. The molecule has 0 aliphatic heterocycles. The van der Waals surface area contributed by atoms with Gasteiger partial charge in [-0.3, -0.25) is 4.79 Å². The smallest absolute Gasteiger partial charge is 0.232 e. The van der Waals surface area contributed by atoms with Crippen LogP contribution in [-0.2, 0) is 4.79 Å². The molecule has 1 rings (SSSR count). The van der Waals surface area contributed by atoms with Crippen molar-refractivity contribution in [2.75, 3.05) is 19.4 Å². The molecule has 0 saturated carbocycles. The summed E-state index contributed by atoms with van der Waals surface area (Å²) in [5.41, 5.74) is 0. The van der Waals surface area contributed by atoms with E-state index in [4.69, 9.17) is 5.11 Å². The fourth-order valence-corrected chi connectivity index (χ4v) is 1.98. The Kier molecular flexibility index (Phi) is 5.35. The summed E-state index contributed by atoms with van der Waals surface area (Å²) < 4.78 is 0. The summed E-state index contributed by atoms with van der Waals surface area (Å²) in [6.45, 7) is 1.82. The topological polar surface area (TPSA) is 40.5 Å². The lowest BCUT2D eigenvalue weighted by atomic mass is 10.3. The van der Waals surface area contributed by atoms with Crippen LogP contribution in [0.1, 0.15) is 6.92 Å². The van der Waals surface area contributed by atoms with Crippen LogP contribution in [0.15, 0.2) is 35.2 Å². The SMILES string of the molecule is CC(CO)N(C)C(=O)CSc1ccccc1. The molecule has 1 aromatic carbocycles. The van der Waals surface area contributed by atoms with E-state index in [1.54, 1.807) is 11.9 Å². The number of carbonyl (C=O) groups excluding carboxylic acids is 1. The van der Waals surface area contributed by atoms with Gasteiger partial charge in [-0.1, -0.05) is 18.2 Å². The fraction of sp³-hybridized carbons (Fsp3) is 0.417. The van der Waals surface area contributed by atoms with Crippen LogP contribution in [0.25, 0.3) is 0 Å². The summed E-state index contributed by atoms with van der Waals surface area (Å²) in [5.74, 6) is 0.445. The summed E-state index contributed by atoms with van der Waals surface area (Å²) in [4.78, 5) is 14.4. The van der Waals surface area contributed by atoms with Crippen molar-refractivity contribution in [1.29, 1.82) is 0 Å². The number of amides is 1. The molecule has 1 unspecified atom stereocenters. The Balaban J connectivity index is 2.41. The van der Waals surface area contributed by atoms with Crippen molar-refractivity contribution in [2.24, 2.45) is 0 Å². The number of aliphatic hydroxyl groups is 1. The monoisotopic (exact) mass is 239 g/mol. The Morgan fingerprint density at radius 1 is 1.44 bits per heavy atom. The third-order valence-electron chi connectivity index (χ3n) is 2.42. The van der Waals surface area contributed by atoms with Gasteiger partial charge in [0.2, 0.25) is 5.91 Å². The minimum atomic E-state index is -0.121. The van der Waals surface area contributed by atoms with E-state index in [2.05, 4.69) is 0 Å². The van der Waals surface area contributed by atoms with E-state index in [9.17, 15) is 4.79 Å². The molecule has 4 heteroatoms. The maximum atomic E-state index is 11.7. The van der Waals surface area contributed by atoms with Gasteiger partial charge in [0, 0.05) is 11.9 Å². The largest absolute Gasteiger partial charge is 0.394 e. The van der Waals surface area contributed by atoms with Crippen LogP contribution in [0.5, 0.6) is 0 Å². The van der Waals surface area contributed by atoms with Gasteiger partial charge in [0.15, 0.2) is 0 Å². The molecule has 0 aromatic heterocycles. The molecule has 0 spiro atoms. The molecule has 16 heavy (non-hydrogen) atoms. The molecule has 0 heterocycles. The molecule has 1 N–H and O–H groups in total. The van der Waals surface area contributed by atoms with E-state index >= 15 is 0 Å². The molecule has 0 saturated heterocycles. The average molecular weight is 239 g/mol. The Hall–Kier alpha value is -1.00. The number of likely N-dealkylation sites (N-methyl/N-ethyl adjacent to an activating group) is 1. The van der Waals surface area contributed by atoms with Gasteiger partial charge in [-0.05, 0) is 19.1 Å². The third-order valence-corrected chi connectivity index (χ3v) is 3.42. The van der Waals surface area contributed by atoms with Gasteiger partial charge in [0.25, 0.3) is 0 Å². The average Bonchev–Trinajstić information content (AvgIpc) is 2.35. The number of benzene rings is 1. The van der Waals surface area contributed by atoms with Gasteiger partial charge in [-0.2, -0.15) is 0 Å². The Labute approximate surface area is 100 Å². The molecule has 0 fully saturated rings. The highest BCUT2D eigenvalue weighted by atomic mass is 32.2. The van der Waals surface area contributed by atoms with Crippen LogP contribution in [0.3, 0.4) is 0 Å². The second-order valence-electron chi connectivity index (χ2n) is 3.64. The van der Waals surface area contributed by atoms with Gasteiger partial charge in [0.1, 0.15) is 0 Å². The molecule has 0 aliphatic carbocycles. The van der Waals surface area contributed by atoms with E-state index in [1.807, 2.05) is 37.3 Å². The second kappa shape index (κ2) is 6.55. The predicted octanol–water partition coefficient (Wildman–Crippen LogP) is 1.62. The van der Waals surface area contributed by atoms with Crippen LogP contribution >= 0.6 is 11.8 Å². The number of hydrogen-bond acceptors (Lipinski definition) is 3. The summed E-state index contributed by atoms with van der Waals surface area (Å²) in [7, 11) is 1.72. The van der Waals surface area contributed by atoms with Crippen molar-refractivity contribution in [2.45, 2.75) is 17.9 Å². The maximum absolute atomic E-state index is 11.7. The quantitative estimate of drug-likeness (QED) is 0.794. The van der Waals surface area contributed by atoms with Crippen molar-refractivity contribution in [3.05, 3.63) is 30.3 Å². The Morgan fingerprint density at radius 3 is 2.62 bits per heavy atom. The minimum absolute atomic E-state index is 0.00174. The van der Waals surface area contributed by atoms with Gasteiger partial charge >= 0.3 is 0 Å². The lowest BCUT2D eigenvalue weighted by Crippen LogP contribution is -2.38. The summed E-state index contributed by atoms with van der Waals surface area (Å²) in [6, 6.07) is 9.69. The molecule has 1 atom stereocenters. The predicted molar refractivity (Wildman–Crippen MR) is 66.5 cm³/mol. The maximum Gasteiger partial charge on any atom is 0.232 e. The van der Waals surface area contributed by atoms with Crippen LogP contribution in [0, 0.1) is 0 Å². The highest BCUT2D eigenvalue weighted by Crippen LogP contribution is 2.17. The normalized spacial score (nSPS) is 12.2. The van der Waals surface area contributed by atoms with Crippen molar-refractivity contribution in [3.8, 4) is 0 Å². The lowest BCUT2D eigenvalue weighted by Gasteiger charge is -2.22. The number of aliphatic hydroxyl groups excluding tert-OH is 1. The molecule has 88 valence electrons. The molecular formula is C12H17NO2S. The molecule has 0 aliphatic rings. The van der Waals surface area contributed by atoms with Crippen LogP contribution in [0.2, 0.25) is 0 Å². The first-order valence-corrected chi connectivity index (χ1v) is 6.18. The standard InChI is InChI=1S/C12H17NO2S/c1-10(8-14)13(2)12(15)9-16-11-6-4-3-5-7-11/h3-7,10,14H,8-9H2,1-2H3. The van der Waals surface area contributed by atoms with E-state index in [0.717, 1.165) is 4.90 Å². The van der Waals surface area contributed by atoms with Gasteiger partial charge in [0.05, 0.1) is 18.4 Å². The third kappa shape index (κ3) is 3.87. The van der Waals surface area contributed by atoms with E-state index in [-0.39, 0.29) is 18.6 Å². The Morgan fingerprint density at radius 2 is 2.06 bits per heavy atom. The molecule has 0 bridgehead atoms. The minimum Gasteiger partial charge on any atom is -0.394 e. The van der Waals surface area contributed by atoms with Crippen molar-refractivity contribution >= 4 is 17.7 Å². The number of thioether (sulfide) groups is 1. The van der Waals surface area contributed by atoms with Crippen LogP contribution in [0.4, 0.5) is 0 Å². The van der Waals surface area contributed by atoms with E-state index < -0.39 is 0 Å². The molecule has 1 amide bonds. The van der Waals surface area contributed by atoms with Gasteiger partial charge in [-0.15, -0.1) is 11.8 Å². The van der Waals surface area contributed by atoms with Crippen LogP contribution in [-0.4, -0.2) is 41.4 Å². The van der Waals surface area contributed by atoms with Gasteiger partial charge in [-0.25, -0.2) is 0 Å². The number of rotatable bonds is 5. The number of nitrogens with zero attached hydrogens (tertiary/aromatic N) is 1. The zero-order valence-electron chi connectivity index (χ0n) is 9.59. The molecule has 0 radical (unpaired) electrons. The van der Waals surface area contributed by atoms with Crippen molar-refractivity contribution in [3.63, 3.8) is 0 Å². The second-order valence-corrected chi connectivity index (χ2v) is 4.69. The zero-order valence-corrected chi connectivity index (χ0v) is 10.4. The first kappa shape index (κ1) is 13.1. The van der Waals surface area contributed by atoms with Gasteiger partial charge < -0.3 is 10.0 Å². The molecular weight excluding hydrogens is 222 g/mol. The fourth-order valence-electron chi connectivity index (χ4n) is 1.13. The van der Waals surface area contributed by atoms with Crippen LogP contribution < -0.4 is 0 Å². The first-order valence-electron chi connectivity index (χ1n) is 5.19. The molecule has 3 nitrogen and oxygen atoms in total. The van der Waals surface area contributed by atoms with Crippen molar-refractivity contribution in [1.82, 2.24) is 4.90 Å². The summed E-state index contributed by atoms with van der Waals surface area (Å²) in [5, 5.41) is 8.94. The first-order chi connectivity index (χ1) is 7.65. The highest BCUT2D eigenvalue weighted by Gasteiger charge is 2.14. The van der Waals surface area contributed by atoms with E-state index in [0.29, 0.717) is 5.75 Å². The highest BCUT2D eigenvalue weighted by molar-refractivity contribution is 8.00. The lowest BCUT2D eigenvalue weighted by molar-refractivity contribution is -0.129. The number of carbonyl (C=O) groups is 1.